The highest BCUT2D eigenvalue weighted by Crippen LogP contribution is 2.30. The van der Waals surface area contributed by atoms with E-state index < -0.39 is 22.0 Å². The number of hydrogen-bond acceptors (Lipinski definition) is 9. The fourth-order valence-electron chi connectivity index (χ4n) is 5.79. The minimum atomic E-state index is -4.08. The van der Waals surface area contributed by atoms with Crippen LogP contribution in [-0.4, -0.2) is 91.9 Å². The van der Waals surface area contributed by atoms with E-state index in [1.165, 1.54) is 19.9 Å². The van der Waals surface area contributed by atoms with Crippen LogP contribution in [0.2, 0.25) is 0 Å². The molecular weight excluding hydrogens is 636 g/mol. The molecule has 0 unspecified atom stereocenters. The third-order valence-corrected chi connectivity index (χ3v) is 10.2. The van der Waals surface area contributed by atoms with E-state index in [0.29, 0.717) is 25.3 Å². The van der Waals surface area contributed by atoms with E-state index in [1.807, 2.05) is 44.2 Å². The summed E-state index contributed by atoms with van der Waals surface area (Å²) in [5, 5.41) is 14.0. The summed E-state index contributed by atoms with van der Waals surface area (Å²) in [5.41, 5.74) is 1.45. The van der Waals surface area contributed by atoms with Gasteiger partial charge in [0.05, 0.1) is 36.8 Å². The number of likely N-dealkylation sites (N-methyl/N-ethyl adjacent to an activating group) is 1. The number of ether oxygens (including phenoxy) is 2. The van der Waals surface area contributed by atoms with Gasteiger partial charge in [0.15, 0.2) is 10.7 Å². The molecule has 1 aliphatic heterocycles. The summed E-state index contributed by atoms with van der Waals surface area (Å²) in [6, 6.07) is 13.6. The third kappa shape index (κ3) is 9.36. The molecule has 262 valence electrons. The summed E-state index contributed by atoms with van der Waals surface area (Å²) in [5.74, 6) is -0.255. The Labute approximate surface area is 283 Å². The quantitative estimate of drug-likeness (QED) is 0.330. The molecule has 0 saturated heterocycles. The molecular formula is C35H48N4O8S. The lowest BCUT2D eigenvalue weighted by molar-refractivity contribution is -0.131. The molecule has 0 spiro atoms. The number of amides is 2. The molecule has 4 rings (SSSR count). The number of hydrogen-bond donors (Lipinski definition) is 2. The Morgan fingerprint density at radius 1 is 1.15 bits per heavy atom. The summed E-state index contributed by atoms with van der Waals surface area (Å²) in [6.45, 7) is 9.39. The Morgan fingerprint density at radius 2 is 1.88 bits per heavy atom. The Hall–Kier alpha value is -3.94. The second-order valence-electron chi connectivity index (χ2n) is 12.7. The highest BCUT2D eigenvalue weighted by atomic mass is 32.2. The van der Waals surface area contributed by atoms with Crippen LogP contribution < -0.4 is 9.46 Å². The van der Waals surface area contributed by atoms with E-state index in [-0.39, 0.29) is 71.2 Å². The number of aliphatic hydroxyl groups is 1. The van der Waals surface area contributed by atoms with Crippen LogP contribution in [-0.2, 0) is 26.0 Å². The highest BCUT2D eigenvalue weighted by Gasteiger charge is 2.32. The largest absolute Gasteiger partial charge is 0.490 e. The fraction of sp³-hybridized carbons (Fsp3) is 0.514. The number of benzene rings is 2. The first kappa shape index (κ1) is 36.9. The van der Waals surface area contributed by atoms with Gasteiger partial charge < -0.3 is 28.9 Å². The van der Waals surface area contributed by atoms with Crippen molar-refractivity contribution in [2.45, 2.75) is 83.4 Å². The van der Waals surface area contributed by atoms with Gasteiger partial charge in [-0.2, -0.15) is 0 Å². The summed E-state index contributed by atoms with van der Waals surface area (Å²) < 4.78 is 46.9. The number of carbonyl (C=O) groups is 2. The zero-order valence-corrected chi connectivity index (χ0v) is 29.5. The van der Waals surface area contributed by atoms with E-state index in [9.17, 15) is 23.1 Å². The maximum atomic E-state index is 14.4. The number of fused-ring (bicyclic) bond motifs is 1. The van der Waals surface area contributed by atoms with E-state index in [1.54, 1.807) is 35.9 Å². The number of aromatic nitrogens is 1. The highest BCUT2D eigenvalue weighted by molar-refractivity contribution is 7.92. The zero-order valence-electron chi connectivity index (χ0n) is 28.6. The van der Waals surface area contributed by atoms with Gasteiger partial charge in [0.25, 0.3) is 15.9 Å². The topological polar surface area (TPSA) is 152 Å². The predicted molar refractivity (Wildman–Crippen MR) is 181 cm³/mol. The molecule has 0 radical (unpaired) electrons. The van der Waals surface area contributed by atoms with Crippen molar-refractivity contribution in [1.82, 2.24) is 15.0 Å². The maximum absolute atomic E-state index is 14.4. The molecule has 0 saturated carbocycles. The van der Waals surface area contributed by atoms with E-state index in [0.717, 1.165) is 18.4 Å². The number of nitrogens with one attached hydrogen (secondary N) is 1. The predicted octanol–water partition coefficient (Wildman–Crippen LogP) is 4.59. The Bertz CT molecular complexity index is 1630. The molecule has 4 atom stereocenters. The first-order valence-electron chi connectivity index (χ1n) is 16.4. The maximum Gasteiger partial charge on any atom is 0.267 e. The van der Waals surface area contributed by atoms with Crippen LogP contribution in [0.15, 0.2) is 57.9 Å². The first-order valence-corrected chi connectivity index (χ1v) is 17.9. The molecule has 2 amide bonds. The molecule has 0 aliphatic carbocycles. The van der Waals surface area contributed by atoms with Crippen molar-refractivity contribution in [1.29, 1.82) is 0 Å². The molecule has 3 aromatic rings. The van der Waals surface area contributed by atoms with Gasteiger partial charge in [-0.15, -0.1) is 0 Å². The smallest absolute Gasteiger partial charge is 0.267 e. The van der Waals surface area contributed by atoms with Gasteiger partial charge in [0.2, 0.25) is 5.91 Å². The molecule has 2 heterocycles. The van der Waals surface area contributed by atoms with E-state index >= 15 is 0 Å². The number of anilines is 1. The molecule has 48 heavy (non-hydrogen) atoms. The molecule has 12 nitrogen and oxygen atoms in total. The van der Waals surface area contributed by atoms with Gasteiger partial charge in [0.1, 0.15) is 11.4 Å². The average Bonchev–Trinajstić information content (AvgIpc) is 3.40. The molecule has 2 aromatic carbocycles. The minimum absolute atomic E-state index is 0.0421. The third-order valence-electron chi connectivity index (χ3n) is 8.62. The standard InChI is InChI=1S/C35H48N4O8S/c1-23-20-39(24(2)22-40)35(42)30-19-29(37-48(43,44)34-26(4)36-47-27(34)5)15-16-31(30)46-25(3)12-10-11-17-45-32(23)21-38(6)33(41)18-28-13-8-7-9-14-28/h7-9,13-16,19,23-25,32,37,40H,10-12,17-18,20-22H2,1-6H3/t23-,24+,25-,32-/m0/s1. The minimum Gasteiger partial charge on any atom is -0.490 e. The van der Waals surface area contributed by atoms with Crippen LogP contribution in [0.1, 0.15) is 67.4 Å². The molecule has 0 fully saturated rings. The summed E-state index contributed by atoms with van der Waals surface area (Å²) in [6.07, 6.45) is 1.93. The Morgan fingerprint density at radius 3 is 2.54 bits per heavy atom. The van der Waals surface area contributed by atoms with E-state index in [2.05, 4.69) is 9.88 Å². The normalized spacial score (nSPS) is 20.3. The van der Waals surface area contributed by atoms with E-state index in [4.69, 9.17) is 14.0 Å². The first-order chi connectivity index (χ1) is 22.8. The van der Waals surface area contributed by atoms with Gasteiger partial charge in [-0.05, 0) is 70.7 Å². The number of aryl methyl sites for hydroxylation is 2. The number of rotatable bonds is 9. The molecule has 1 aliphatic rings. The number of nitrogens with zero attached hydrogens (tertiary/aromatic N) is 3. The summed E-state index contributed by atoms with van der Waals surface area (Å²) in [4.78, 5) is 30.7. The number of aliphatic hydroxyl groups excluding tert-OH is 1. The fourth-order valence-corrected chi connectivity index (χ4v) is 7.17. The molecule has 0 bridgehead atoms. The van der Waals surface area contributed by atoms with Crippen LogP contribution in [0.3, 0.4) is 0 Å². The van der Waals surface area contributed by atoms with Crippen molar-refractivity contribution in [3.05, 3.63) is 71.1 Å². The van der Waals surface area contributed by atoms with Gasteiger partial charge in [-0.25, -0.2) is 8.42 Å². The molecule has 2 N–H and O–H groups in total. The van der Waals surface area contributed by atoms with Gasteiger partial charge in [-0.1, -0.05) is 42.4 Å². The lowest BCUT2D eigenvalue weighted by atomic mass is 10.0. The van der Waals surface area contributed by atoms with Crippen molar-refractivity contribution in [3.8, 4) is 5.75 Å². The molecule has 1 aromatic heterocycles. The summed E-state index contributed by atoms with van der Waals surface area (Å²) >= 11 is 0. The lowest BCUT2D eigenvalue weighted by Crippen LogP contribution is -2.48. The van der Waals surface area contributed by atoms with Gasteiger partial charge >= 0.3 is 0 Å². The van der Waals surface area contributed by atoms with Gasteiger partial charge in [-0.3, -0.25) is 14.3 Å². The number of sulfonamides is 1. The SMILES string of the molecule is Cc1noc(C)c1S(=O)(=O)Nc1ccc2c(c1)C(=O)N([C@H](C)CO)C[C@H](C)[C@H](CN(C)C(=O)Cc1ccccc1)OCCCC[C@H](C)O2. The van der Waals surface area contributed by atoms with Crippen molar-refractivity contribution in [2.24, 2.45) is 5.92 Å². The molecule has 13 heteroatoms. The van der Waals surface area contributed by atoms with Gasteiger partial charge in [0, 0.05) is 38.3 Å². The monoisotopic (exact) mass is 684 g/mol. The second kappa shape index (κ2) is 16.4. The lowest BCUT2D eigenvalue weighted by Gasteiger charge is -2.36. The van der Waals surface area contributed by atoms with Crippen LogP contribution in [0.25, 0.3) is 0 Å². The zero-order chi connectivity index (χ0) is 35.0. The van der Waals surface area contributed by atoms with Crippen molar-refractivity contribution >= 4 is 27.5 Å². The second-order valence-corrected chi connectivity index (χ2v) is 14.3. The Kier molecular flexibility index (Phi) is 12.6. The Balaban J connectivity index is 1.64. The van der Waals surface area contributed by atoms with Crippen LogP contribution in [0.4, 0.5) is 5.69 Å². The van der Waals surface area contributed by atoms with Crippen LogP contribution in [0.5, 0.6) is 5.75 Å². The number of carbonyl (C=O) groups excluding carboxylic acids is 2. The van der Waals surface area contributed by atoms with Crippen molar-refractivity contribution in [3.63, 3.8) is 0 Å². The van der Waals surface area contributed by atoms with Crippen molar-refractivity contribution < 1.29 is 37.1 Å². The van der Waals surface area contributed by atoms with Crippen LogP contribution >= 0.6 is 0 Å². The summed E-state index contributed by atoms with van der Waals surface area (Å²) in [7, 11) is -2.33. The van der Waals surface area contributed by atoms with Crippen LogP contribution in [0, 0.1) is 19.8 Å². The average molecular weight is 685 g/mol. The van der Waals surface area contributed by atoms with Crippen molar-refractivity contribution in [2.75, 3.05) is 38.1 Å².